The summed E-state index contributed by atoms with van der Waals surface area (Å²) in [6.45, 7) is 0. The molecule has 1 aliphatic rings. The third-order valence-corrected chi connectivity index (χ3v) is 5.43. The number of thiocarbonyl (C=S) groups is 1. The van der Waals surface area contributed by atoms with Gasteiger partial charge in [0.2, 0.25) is 9.84 Å². The largest absolute Gasteiger partial charge is 0.478 e. The minimum Gasteiger partial charge on any atom is -0.478 e. The summed E-state index contributed by atoms with van der Waals surface area (Å²) in [5.41, 5.74) is 1.89. The summed E-state index contributed by atoms with van der Waals surface area (Å²) in [6, 6.07) is 8.51. The zero-order valence-corrected chi connectivity index (χ0v) is 13.2. The molecule has 0 fully saturated rings. The highest BCUT2D eigenvalue weighted by Gasteiger charge is 2.26. The van der Waals surface area contributed by atoms with Crippen LogP contribution in [-0.2, 0) is 9.84 Å². The van der Waals surface area contributed by atoms with Gasteiger partial charge in [0.25, 0.3) is 0 Å². The van der Waals surface area contributed by atoms with Gasteiger partial charge in [-0.15, -0.1) is 0 Å². The van der Waals surface area contributed by atoms with E-state index in [0.717, 1.165) is 5.55 Å². The van der Waals surface area contributed by atoms with E-state index in [4.69, 9.17) is 9.84 Å². The van der Waals surface area contributed by atoms with Gasteiger partial charge in [-0.1, -0.05) is 18.2 Å². The quantitative estimate of drug-likeness (QED) is 0.734. The number of ether oxygens (including phenoxy) is 1. The molecule has 1 N–H and O–H groups in total. The van der Waals surface area contributed by atoms with E-state index in [-0.39, 0.29) is 15.4 Å². The van der Waals surface area contributed by atoms with E-state index in [0.29, 0.717) is 16.9 Å². The molecule has 0 radical (unpaired) electrons. The first-order valence-electron chi connectivity index (χ1n) is 6.48. The molecule has 1 aliphatic heterocycles. The summed E-state index contributed by atoms with van der Waals surface area (Å²) in [5, 5.41) is 9.07. The molecule has 2 aromatic carbocycles. The van der Waals surface area contributed by atoms with Crippen LogP contribution in [-0.4, -0.2) is 25.0 Å². The molecular weight excluding hydrogens is 336 g/mol. The summed E-state index contributed by atoms with van der Waals surface area (Å²) >= 11 is 4.62. The number of hydrogen-bond donors (Lipinski definition) is 1. The van der Waals surface area contributed by atoms with E-state index < -0.39 is 15.8 Å². The number of fused-ring (bicyclic) bond motifs is 2. The van der Waals surface area contributed by atoms with E-state index in [1.165, 1.54) is 30.3 Å². The van der Waals surface area contributed by atoms with Crippen molar-refractivity contribution in [2.75, 3.05) is 0 Å². The molecule has 0 saturated carbocycles. The first-order valence-corrected chi connectivity index (χ1v) is 8.44. The van der Waals surface area contributed by atoms with Gasteiger partial charge in [0.15, 0.2) is 5.55 Å². The molecule has 0 atom stereocenters. The summed E-state index contributed by atoms with van der Waals surface area (Å²) in [4.78, 5) is 11.2. The molecule has 116 valence electrons. The van der Waals surface area contributed by atoms with Gasteiger partial charge in [-0.3, -0.25) is 0 Å². The van der Waals surface area contributed by atoms with Crippen LogP contribution in [0.1, 0.15) is 21.5 Å². The van der Waals surface area contributed by atoms with E-state index in [1.807, 2.05) is 0 Å². The van der Waals surface area contributed by atoms with Gasteiger partial charge in [0.1, 0.15) is 5.75 Å². The maximum atomic E-state index is 12.9. The van der Waals surface area contributed by atoms with E-state index >= 15 is 0 Å². The molecule has 5 nitrogen and oxygen atoms in total. The van der Waals surface area contributed by atoms with Crippen LogP contribution in [0.5, 0.6) is 5.75 Å². The van der Waals surface area contributed by atoms with Crippen LogP contribution in [0.2, 0.25) is 0 Å². The first-order chi connectivity index (χ1) is 10.9. The lowest BCUT2D eigenvalue weighted by atomic mass is 10.1. The second-order valence-corrected chi connectivity index (χ2v) is 6.89. The van der Waals surface area contributed by atoms with E-state index in [1.54, 1.807) is 18.2 Å². The molecule has 0 aliphatic carbocycles. The molecular formula is C16H10O5S2. The number of carboxylic acid groups (broad SMARTS) is 1. The predicted molar refractivity (Wildman–Crippen MR) is 88.5 cm³/mol. The summed E-state index contributed by atoms with van der Waals surface area (Å²) in [6.07, 6.45) is 3.28. The van der Waals surface area contributed by atoms with Crippen LogP contribution in [0.4, 0.5) is 0 Å². The maximum Gasteiger partial charge on any atom is 0.335 e. The Kier molecular flexibility index (Phi) is 3.75. The SMILES string of the molecule is O=C(O)c1ccc2c(c1)S(=O)(=O)c1ccc(OC=S)cc1C=C2. The molecule has 0 bridgehead atoms. The third kappa shape index (κ3) is 2.64. The fourth-order valence-corrected chi connectivity index (χ4v) is 4.13. The third-order valence-electron chi connectivity index (χ3n) is 3.45. The molecule has 0 spiro atoms. The Morgan fingerprint density at radius 1 is 1.04 bits per heavy atom. The highest BCUT2D eigenvalue weighted by molar-refractivity contribution is 7.91. The fraction of sp³-hybridized carbons (Fsp3) is 0. The average Bonchev–Trinajstić information content (AvgIpc) is 2.62. The highest BCUT2D eigenvalue weighted by atomic mass is 32.2. The zero-order valence-electron chi connectivity index (χ0n) is 11.6. The molecule has 0 amide bonds. The smallest absolute Gasteiger partial charge is 0.335 e. The van der Waals surface area contributed by atoms with Crippen LogP contribution in [0.25, 0.3) is 12.2 Å². The minimum absolute atomic E-state index is 0.0316. The van der Waals surface area contributed by atoms with Gasteiger partial charge in [-0.25, -0.2) is 13.2 Å². The Hall–Kier alpha value is -2.51. The van der Waals surface area contributed by atoms with Gasteiger partial charge in [0.05, 0.1) is 15.4 Å². The molecule has 2 aromatic rings. The number of hydrogen-bond acceptors (Lipinski definition) is 5. The van der Waals surface area contributed by atoms with Crippen LogP contribution in [0.15, 0.2) is 46.2 Å². The van der Waals surface area contributed by atoms with Gasteiger partial charge in [-0.2, -0.15) is 0 Å². The number of carbonyl (C=O) groups is 1. The lowest BCUT2D eigenvalue weighted by Crippen LogP contribution is -2.07. The molecule has 1 heterocycles. The van der Waals surface area contributed by atoms with Crippen molar-refractivity contribution >= 4 is 45.7 Å². The first kappa shape index (κ1) is 15.4. The number of rotatable bonds is 3. The van der Waals surface area contributed by atoms with Gasteiger partial charge in [0, 0.05) is 0 Å². The Labute approximate surface area is 137 Å². The Morgan fingerprint density at radius 2 is 1.78 bits per heavy atom. The van der Waals surface area contributed by atoms with Crippen molar-refractivity contribution in [3.05, 3.63) is 53.1 Å². The highest BCUT2D eigenvalue weighted by Crippen LogP contribution is 2.34. The van der Waals surface area contributed by atoms with Gasteiger partial charge < -0.3 is 9.84 Å². The number of sulfone groups is 1. The maximum absolute atomic E-state index is 12.9. The van der Waals surface area contributed by atoms with Crippen molar-refractivity contribution in [3.8, 4) is 5.75 Å². The number of carboxylic acids is 1. The average molecular weight is 346 g/mol. The van der Waals surface area contributed by atoms with Crippen molar-refractivity contribution in [3.63, 3.8) is 0 Å². The summed E-state index contributed by atoms with van der Waals surface area (Å²) in [5.74, 6) is -0.753. The molecule has 0 saturated heterocycles. The van der Waals surface area contributed by atoms with E-state index in [9.17, 15) is 13.2 Å². The van der Waals surface area contributed by atoms with Gasteiger partial charge >= 0.3 is 5.97 Å². The normalized spacial score (nSPS) is 14.3. The van der Waals surface area contributed by atoms with Crippen molar-refractivity contribution in [2.24, 2.45) is 0 Å². The van der Waals surface area contributed by atoms with Crippen LogP contribution >= 0.6 is 12.2 Å². The molecule has 0 unspecified atom stereocenters. The van der Waals surface area contributed by atoms with Crippen molar-refractivity contribution in [1.29, 1.82) is 0 Å². The second-order valence-electron chi connectivity index (χ2n) is 4.81. The Morgan fingerprint density at radius 3 is 2.48 bits per heavy atom. The standard InChI is InChI=1S/C16H10O5S2/c17-16(18)12-4-2-10-1-3-11-7-13(21-9-22)5-6-14(11)23(19,20)15(10)8-12/h1-9H,(H,17,18). The number of benzene rings is 2. The monoisotopic (exact) mass is 346 g/mol. The van der Waals surface area contributed by atoms with Crippen LogP contribution in [0.3, 0.4) is 0 Å². The lowest BCUT2D eigenvalue weighted by molar-refractivity contribution is 0.0696. The molecule has 23 heavy (non-hydrogen) atoms. The van der Waals surface area contributed by atoms with Crippen LogP contribution in [0, 0.1) is 0 Å². The molecule has 7 heteroatoms. The predicted octanol–water partition coefficient (Wildman–Crippen LogP) is 3.04. The topological polar surface area (TPSA) is 80.7 Å². The summed E-state index contributed by atoms with van der Waals surface area (Å²) < 4.78 is 30.8. The minimum atomic E-state index is -3.84. The Balaban J connectivity index is 2.25. The number of aromatic carboxylic acids is 1. The lowest BCUT2D eigenvalue weighted by Gasteiger charge is -2.09. The van der Waals surface area contributed by atoms with Crippen molar-refractivity contribution < 1.29 is 23.1 Å². The molecule has 3 rings (SSSR count). The van der Waals surface area contributed by atoms with E-state index in [2.05, 4.69) is 12.2 Å². The van der Waals surface area contributed by atoms with Gasteiger partial charge in [-0.05, 0) is 53.7 Å². The van der Waals surface area contributed by atoms with Crippen LogP contribution < -0.4 is 4.74 Å². The zero-order chi connectivity index (χ0) is 16.6. The fourth-order valence-electron chi connectivity index (χ4n) is 2.37. The molecule has 0 aromatic heterocycles. The van der Waals surface area contributed by atoms with Crippen molar-refractivity contribution in [2.45, 2.75) is 9.79 Å². The second kappa shape index (κ2) is 5.60. The Bertz CT molecular complexity index is 958. The summed E-state index contributed by atoms with van der Waals surface area (Å²) in [7, 11) is -3.84. The van der Waals surface area contributed by atoms with Crippen molar-refractivity contribution in [1.82, 2.24) is 0 Å².